The Morgan fingerprint density at radius 1 is 1.35 bits per heavy atom. The summed E-state index contributed by atoms with van der Waals surface area (Å²) in [5.74, 6) is -1.29. The van der Waals surface area contributed by atoms with E-state index < -0.39 is 17.3 Å². The van der Waals surface area contributed by atoms with Crippen molar-refractivity contribution in [3.63, 3.8) is 0 Å². The van der Waals surface area contributed by atoms with E-state index in [0.717, 1.165) is 17.4 Å². The van der Waals surface area contributed by atoms with E-state index in [4.69, 9.17) is 0 Å². The number of anilines is 1. The van der Waals surface area contributed by atoms with Gasteiger partial charge in [0.05, 0.1) is 0 Å². The van der Waals surface area contributed by atoms with Gasteiger partial charge in [0.15, 0.2) is 11.4 Å². The highest BCUT2D eigenvalue weighted by atomic mass is 16.3. The summed E-state index contributed by atoms with van der Waals surface area (Å²) in [7, 11) is 0. The lowest BCUT2D eigenvalue weighted by Crippen LogP contribution is -2.37. The molecule has 0 spiro atoms. The van der Waals surface area contributed by atoms with E-state index in [1.54, 1.807) is 0 Å². The number of nitrogens with zero attached hydrogens (tertiary/aromatic N) is 3. The zero-order valence-corrected chi connectivity index (χ0v) is 15.3. The van der Waals surface area contributed by atoms with Crippen molar-refractivity contribution in [1.82, 2.24) is 19.5 Å². The van der Waals surface area contributed by atoms with Gasteiger partial charge >= 0.3 is 0 Å². The van der Waals surface area contributed by atoms with Gasteiger partial charge < -0.3 is 15.7 Å². The average molecular weight is 361 g/mol. The fourth-order valence-corrected chi connectivity index (χ4v) is 2.71. The van der Waals surface area contributed by atoms with Gasteiger partial charge in [-0.3, -0.25) is 19.0 Å². The Bertz CT molecular complexity index is 947. The smallest absolute Gasteiger partial charge is 0.270 e. The first-order valence-electron chi connectivity index (χ1n) is 8.51. The molecule has 2 amide bonds. The van der Waals surface area contributed by atoms with Crippen LogP contribution in [-0.2, 0) is 11.3 Å². The molecule has 2 aromatic heterocycles. The lowest BCUT2D eigenvalue weighted by Gasteiger charge is -2.21. The largest absolute Gasteiger partial charge is 0.492 e. The van der Waals surface area contributed by atoms with Crippen LogP contribution in [0.25, 0.3) is 5.65 Å². The molecule has 3 rings (SSSR count). The van der Waals surface area contributed by atoms with Crippen LogP contribution in [0, 0.1) is 5.41 Å². The van der Waals surface area contributed by atoms with Crippen molar-refractivity contribution in [2.45, 2.75) is 53.1 Å². The molecule has 1 saturated carbocycles. The van der Waals surface area contributed by atoms with Crippen LogP contribution in [0.4, 0.5) is 5.82 Å². The Balaban J connectivity index is 2.21. The van der Waals surface area contributed by atoms with Crippen LogP contribution in [0.1, 0.15) is 50.9 Å². The van der Waals surface area contributed by atoms with E-state index in [2.05, 4.69) is 15.7 Å². The monoisotopic (exact) mass is 361 g/mol. The van der Waals surface area contributed by atoms with Crippen LogP contribution < -0.4 is 16.2 Å². The number of carbonyl (C=O) groups is 2. The van der Waals surface area contributed by atoms with Crippen LogP contribution in [0.3, 0.4) is 0 Å². The summed E-state index contributed by atoms with van der Waals surface area (Å²) in [6.45, 7) is 7.51. The molecule has 1 aliphatic rings. The first kappa shape index (κ1) is 18.0. The lowest BCUT2D eigenvalue weighted by molar-refractivity contribution is -0.114. The van der Waals surface area contributed by atoms with Crippen molar-refractivity contribution in [1.29, 1.82) is 0 Å². The summed E-state index contributed by atoms with van der Waals surface area (Å²) in [6, 6.07) is 1.54. The highest BCUT2D eigenvalue weighted by molar-refractivity contribution is 5.96. The van der Waals surface area contributed by atoms with E-state index in [1.807, 2.05) is 20.8 Å². The van der Waals surface area contributed by atoms with Crippen LogP contribution in [0.2, 0.25) is 0 Å². The van der Waals surface area contributed by atoms with Crippen LogP contribution in [0.5, 0.6) is 5.88 Å². The standard InChI is InChI=1S/C17H23N5O4/c1-9(23)18-11-7-12-21(8-17(2,3)4)15(25)13(16(26)22(12)20-11)14(24)19-10-5-6-10/h7,10,26H,5-6,8H2,1-4H3,(H,19,24)(H,18,20,23). The zero-order chi connectivity index (χ0) is 19.2. The third-order valence-electron chi connectivity index (χ3n) is 3.93. The molecule has 3 N–H and O–H groups in total. The molecule has 0 bridgehead atoms. The minimum Gasteiger partial charge on any atom is -0.492 e. The van der Waals surface area contributed by atoms with Crippen molar-refractivity contribution in [3.05, 3.63) is 22.0 Å². The highest BCUT2D eigenvalue weighted by Gasteiger charge is 2.30. The quantitative estimate of drug-likeness (QED) is 0.754. The second-order valence-corrected chi connectivity index (χ2v) is 7.88. The number of aromatic nitrogens is 3. The van der Waals surface area contributed by atoms with Gasteiger partial charge in [0, 0.05) is 25.6 Å². The second-order valence-electron chi connectivity index (χ2n) is 7.88. The topological polar surface area (TPSA) is 118 Å². The first-order valence-corrected chi connectivity index (χ1v) is 8.51. The van der Waals surface area contributed by atoms with Gasteiger partial charge in [-0.25, -0.2) is 0 Å². The van der Waals surface area contributed by atoms with Crippen molar-refractivity contribution in [2.75, 3.05) is 5.32 Å². The maximum Gasteiger partial charge on any atom is 0.270 e. The molecule has 9 heteroatoms. The van der Waals surface area contributed by atoms with Crippen LogP contribution >= 0.6 is 0 Å². The van der Waals surface area contributed by atoms with Crippen molar-refractivity contribution in [3.8, 4) is 5.88 Å². The number of carbonyl (C=O) groups excluding carboxylic acids is 2. The van der Waals surface area contributed by atoms with Crippen molar-refractivity contribution >= 4 is 23.3 Å². The molecular weight excluding hydrogens is 338 g/mol. The van der Waals surface area contributed by atoms with Crippen molar-refractivity contribution in [2.24, 2.45) is 5.41 Å². The van der Waals surface area contributed by atoms with Gasteiger partial charge in [0.2, 0.25) is 11.8 Å². The fourth-order valence-electron chi connectivity index (χ4n) is 2.71. The molecule has 0 aromatic carbocycles. The van der Waals surface area contributed by atoms with Gasteiger partial charge in [-0.05, 0) is 18.3 Å². The van der Waals surface area contributed by atoms with E-state index in [-0.39, 0.29) is 28.7 Å². The molecule has 2 heterocycles. The summed E-state index contributed by atoms with van der Waals surface area (Å²) in [5.41, 5.74) is -0.887. The summed E-state index contributed by atoms with van der Waals surface area (Å²) in [4.78, 5) is 36.8. The number of fused-ring (bicyclic) bond motifs is 1. The van der Waals surface area contributed by atoms with Crippen LogP contribution in [-0.4, -0.2) is 37.1 Å². The number of nitrogens with one attached hydrogen (secondary N) is 2. The Morgan fingerprint density at radius 2 is 2.00 bits per heavy atom. The van der Waals surface area contributed by atoms with Crippen molar-refractivity contribution < 1.29 is 14.7 Å². The van der Waals surface area contributed by atoms with Gasteiger partial charge in [-0.15, -0.1) is 5.10 Å². The van der Waals surface area contributed by atoms with E-state index in [9.17, 15) is 19.5 Å². The molecule has 1 aliphatic carbocycles. The van der Waals surface area contributed by atoms with Gasteiger partial charge in [-0.2, -0.15) is 4.52 Å². The number of amides is 2. The molecule has 0 atom stereocenters. The fraction of sp³-hybridized carbons (Fsp3) is 0.529. The third kappa shape index (κ3) is 3.56. The molecule has 140 valence electrons. The molecule has 0 radical (unpaired) electrons. The number of hydrogen-bond donors (Lipinski definition) is 3. The van der Waals surface area contributed by atoms with E-state index in [1.165, 1.54) is 17.6 Å². The predicted octanol–water partition coefficient (Wildman–Crippen LogP) is 1.10. The number of aromatic hydroxyl groups is 1. The Hall–Kier alpha value is -2.84. The Labute approximate surface area is 150 Å². The second kappa shape index (κ2) is 6.15. The molecule has 0 aliphatic heterocycles. The summed E-state index contributed by atoms with van der Waals surface area (Å²) < 4.78 is 2.51. The van der Waals surface area contributed by atoms with Gasteiger partial charge in [-0.1, -0.05) is 20.8 Å². The molecule has 1 fully saturated rings. The number of hydrogen-bond acceptors (Lipinski definition) is 5. The van der Waals surface area contributed by atoms with Gasteiger partial charge in [0.1, 0.15) is 5.65 Å². The Morgan fingerprint density at radius 3 is 2.54 bits per heavy atom. The Kier molecular flexibility index (Phi) is 4.25. The molecule has 2 aromatic rings. The van der Waals surface area contributed by atoms with E-state index in [0.29, 0.717) is 12.2 Å². The third-order valence-corrected chi connectivity index (χ3v) is 3.93. The zero-order valence-electron chi connectivity index (χ0n) is 15.3. The normalized spacial score (nSPS) is 14.5. The molecule has 9 nitrogen and oxygen atoms in total. The first-order chi connectivity index (χ1) is 12.1. The minimum atomic E-state index is -0.615. The number of rotatable bonds is 4. The maximum absolute atomic E-state index is 13.0. The molecule has 0 unspecified atom stereocenters. The van der Waals surface area contributed by atoms with Gasteiger partial charge in [0.25, 0.3) is 11.5 Å². The van der Waals surface area contributed by atoms with E-state index >= 15 is 0 Å². The lowest BCUT2D eigenvalue weighted by atomic mass is 9.97. The van der Waals surface area contributed by atoms with Crippen LogP contribution in [0.15, 0.2) is 10.9 Å². The predicted molar refractivity (Wildman–Crippen MR) is 95.4 cm³/mol. The summed E-state index contributed by atoms with van der Waals surface area (Å²) in [5, 5.41) is 19.9. The molecular formula is C17H23N5O4. The highest BCUT2D eigenvalue weighted by Crippen LogP contribution is 2.24. The summed E-state index contributed by atoms with van der Waals surface area (Å²) >= 11 is 0. The summed E-state index contributed by atoms with van der Waals surface area (Å²) in [6.07, 6.45) is 1.72. The SMILES string of the molecule is CC(=O)Nc1cc2n(CC(C)(C)C)c(=O)c(C(=O)NC3CC3)c(O)n2n1. The molecule has 0 saturated heterocycles. The maximum atomic E-state index is 13.0. The average Bonchev–Trinajstić information content (AvgIpc) is 3.19. The minimum absolute atomic E-state index is 0.0422. The molecule has 26 heavy (non-hydrogen) atoms.